The molecule has 8 heteroatoms. The zero-order valence-corrected chi connectivity index (χ0v) is 21.2. The summed E-state index contributed by atoms with van der Waals surface area (Å²) in [5, 5.41) is 13.1. The summed E-state index contributed by atoms with van der Waals surface area (Å²) in [4.78, 5) is 20.5. The molecule has 3 rings (SSSR count). The molecule has 198 valence electrons. The molecule has 0 radical (unpaired) electrons. The van der Waals surface area contributed by atoms with Crippen molar-refractivity contribution in [2.75, 3.05) is 11.1 Å². The highest BCUT2D eigenvalue weighted by Crippen LogP contribution is 2.49. The number of nitrogens with one attached hydrogen (secondary N) is 1. The van der Waals surface area contributed by atoms with E-state index in [1.54, 1.807) is 0 Å². The van der Waals surface area contributed by atoms with E-state index in [2.05, 4.69) is 35.7 Å². The fourth-order valence-electron chi connectivity index (χ4n) is 3.39. The van der Waals surface area contributed by atoms with Gasteiger partial charge in [-0.15, -0.1) is 0 Å². The molecule has 1 fully saturated rings. The first kappa shape index (κ1) is 30.9. The number of nitrogens with zero attached hydrogens (tertiary/aromatic N) is 2. The minimum absolute atomic E-state index is 0. The van der Waals surface area contributed by atoms with Crippen LogP contribution >= 0.6 is 0 Å². The zero-order chi connectivity index (χ0) is 26.3. The van der Waals surface area contributed by atoms with Crippen molar-refractivity contribution in [3.8, 4) is 0 Å². The maximum atomic E-state index is 13.1. The highest BCUT2D eigenvalue weighted by atomic mass is 19.3. The predicted molar refractivity (Wildman–Crippen MR) is 146 cm³/mol. The summed E-state index contributed by atoms with van der Waals surface area (Å²) in [5.41, 5.74) is 9.70. The summed E-state index contributed by atoms with van der Waals surface area (Å²) in [6.07, 6.45) is 7.37. The molecule has 1 saturated carbocycles. The van der Waals surface area contributed by atoms with Crippen molar-refractivity contribution in [3.63, 3.8) is 0 Å². The number of pyridine rings is 2. The molecule has 0 bridgehead atoms. The Hall–Kier alpha value is -3.13. The van der Waals surface area contributed by atoms with Crippen molar-refractivity contribution in [3.05, 3.63) is 53.8 Å². The van der Waals surface area contributed by atoms with Crippen molar-refractivity contribution in [1.82, 2.24) is 9.97 Å². The van der Waals surface area contributed by atoms with Crippen molar-refractivity contribution in [2.45, 2.75) is 79.8 Å². The maximum Gasteiger partial charge on any atom is 0.260 e. The molecular weight excluding hydrogens is 462 g/mol. The Bertz CT molecular complexity index is 1140. The molecule has 0 spiro atoms. The molecule has 1 aliphatic rings. The molecule has 2 heterocycles. The molecule has 6 nitrogen and oxygen atoms in total. The van der Waals surface area contributed by atoms with Crippen molar-refractivity contribution >= 4 is 34.0 Å². The summed E-state index contributed by atoms with van der Waals surface area (Å²) in [6.45, 7) is 13.9. The monoisotopic (exact) mass is 502 g/mol. The Kier molecular flexibility index (Phi) is 11.4. The van der Waals surface area contributed by atoms with Gasteiger partial charge in [0.1, 0.15) is 17.6 Å². The Balaban J connectivity index is 0.00000120. The van der Waals surface area contributed by atoms with Gasteiger partial charge in [0.2, 0.25) is 5.91 Å². The number of carbonyl (C=O) groups excluding carboxylic acids is 1. The number of amides is 1. The van der Waals surface area contributed by atoms with Crippen LogP contribution in [-0.4, -0.2) is 33.0 Å². The lowest BCUT2D eigenvalue weighted by atomic mass is 9.95. The highest BCUT2D eigenvalue weighted by molar-refractivity contribution is 5.97. The minimum Gasteiger partial charge on any atom is -0.388 e. The molecule has 1 aliphatic carbocycles. The van der Waals surface area contributed by atoms with E-state index in [0.29, 0.717) is 28.5 Å². The number of unbranched alkanes of at least 4 members (excludes halogenated alkanes) is 1. The Labute approximate surface area is 213 Å². The van der Waals surface area contributed by atoms with Crippen LogP contribution in [0.1, 0.15) is 73.3 Å². The number of aliphatic hydroxyl groups is 1. The SMILES string of the molecule is C.C=C(/C=C(C)\C(=C/C)c1cc2cnc(NC(=O)C3CC3(F)F)cc2nc1N)C(O)CC.CCCC. The Morgan fingerprint density at radius 3 is 2.44 bits per heavy atom. The van der Waals surface area contributed by atoms with E-state index in [0.717, 1.165) is 11.1 Å². The number of nitrogens with two attached hydrogens (primary N) is 1. The molecular formula is C28H40F2N4O2. The fraction of sp³-hybridized carbons (Fsp3) is 0.464. The topological polar surface area (TPSA) is 101 Å². The van der Waals surface area contributed by atoms with Gasteiger partial charge in [0.05, 0.1) is 11.6 Å². The van der Waals surface area contributed by atoms with Crippen LogP contribution in [-0.2, 0) is 4.79 Å². The molecule has 0 saturated heterocycles. The van der Waals surface area contributed by atoms with Crippen molar-refractivity contribution in [2.24, 2.45) is 5.92 Å². The number of nitrogen functional groups attached to an aromatic ring is 1. The van der Waals surface area contributed by atoms with Gasteiger partial charge in [-0.25, -0.2) is 18.7 Å². The maximum absolute atomic E-state index is 13.1. The number of alkyl halides is 2. The molecule has 36 heavy (non-hydrogen) atoms. The zero-order valence-electron chi connectivity index (χ0n) is 21.2. The first-order valence-electron chi connectivity index (χ1n) is 12.0. The second-order valence-electron chi connectivity index (χ2n) is 8.72. The van der Waals surface area contributed by atoms with Gasteiger partial charge in [-0.3, -0.25) is 4.79 Å². The number of hydrogen-bond donors (Lipinski definition) is 3. The number of hydrogen-bond acceptors (Lipinski definition) is 5. The van der Waals surface area contributed by atoms with Crippen LogP contribution in [0.2, 0.25) is 0 Å². The second-order valence-corrected chi connectivity index (χ2v) is 8.72. The van der Waals surface area contributed by atoms with Crippen LogP contribution in [0.5, 0.6) is 0 Å². The number of anilines is 2. The highest BCUT2D eigenvalue weighted by Gasteiger charge is 2.61. The number of aliphatic hydroxyl groups excluding tert-OH is 1. The van der Waals surface area contributed by atoms with E-state index in [-0.39, 0.29) is 19.1 Å². The lowest BCUT2D eigenvalue weighted by Gasteiger charge is -2.14. The molecule has 0 aromatic carbocycles. The van der Waals surface area contributed by atoms with Crippen LogP contribution in [0.25, 0.3) is 16.5 Å². The van der Waals surface area contributed by atoms with Gasteiger partial charge in [0, 0.05) is 29.6 Å². The molecule has 4 N–H and O–H groups in total. The largest absolute Gasteiger partial charge is 0.388 e. The average molecular weight is 503 g/mol. The van der Waals surface area contributed by atoms with Crippen LogP contribution < -0.4 is 11.1 Å². The van der Waals surface area contributed by atoms with Crippen molar-refractivity contribution < 1.29 is 18.7 Å². The fourth-order valence-corrected chi connectivity index (χ4v) is 3.39. The molecule has 1 amide bonds. The van der Waals surface area contributed by atoms with Crippen LogP contribution in [0.4, 0.5) is 20.4 Å². The summed E-state index contributed by atoms with van der Waals surface area (Å²) in [5.74, 6) is -4.59. The van der Waals surface area contributed by atoms with Gasteiger partial charge in [-0.05, 0) is 43.1 Å². The van der Waals surface area contributed by atoms with Gasteiger partial charge < -0.3 is 16.2 Å². The number of carbonyl (C=O) groups is 1. The predicted octanol–water partition coefficient (Wildman–Crippen LogP) is 6.92. The molecule has 0 aliphatic heterocycles. The summed E-state index contributed by atoms with van der Waals surface area (Å²) in [7, 11) is 0. The third-order valence-electron chi connectivity index (χ3n) is 5.84. The van der Waals surface area contributed by atoms with Gasteiger partial charge in [0.25, 0.3) is 5.92 Å². The number of allylic oxidation sites excluding steroid dienone is 3. The third-order valence-corrected chi connectivity index (χ3v) is 5.84. The van der Waals surface area contributed by atoms with E-state index in [4.69, 9.17) is 5.73 Å². The van der Waals surface area contributed by atoms with E-state index >= 15 is 0 Å². The summed E-state index contributed by atoms with van der Waals surface area (Å²) >= 11 is 0. The minimum atomic E-state index is -2.94. The summed E-state index contributed by atoms with van der Waals surface area (Å²) < 4.78 is 26.2. The number of aromatic nitrogens is 2. The lowest BCUT2D eigenvalue weighted by Crippen LogP contribution is -2.18. The number of rotatable bonds is 8. The molecule has 2 aromatic heterocycles. The standard InChI is InChI=1S/C23H26F2N4O2.C4H10.CH4/c1-5-15(12(3)7-13(4)19(30)6-2)16-8-14-11-27-20(9-18(14)28-21(16)26)29-22(31)17-10-23(17,24)25;1-3-4-2;/h5,7-9,11,17,19,30H,4,6,10H2,1-3H3,(H2,26,28)(H,27,29,31);3-4H2,1-2H3;1H4/b12-7-,15-5+;;. The van der Waals surface area contributed by atoms with Gasteiger partial charge >= 0.3 is 0 Å². The van der Waals surface area contributed by atoms with Crippen LogP contribution in [0.15, 0.2) is 48.2 Å². The number of fused-ring (bicyclic) bond motifs is 1. The van der Waals surface area contributed by atoms with Gasteiger partial charge in [-0.2, -0.15) is 0 Å². The first-order chi connectivity index (χ1) is 16.5. The van der Waals surface area contributed by atoms with E-state index in [1.807, 2.05) is 39.0 Å². The summed E-state index contributed by atoms with van der Waals surface area (Å²) in [6, 6.07) is 3.34. The molecule has 2 unspecified atom stereocenters. The van der Waals surface area contributed by atoms with Gasteiger partial charge in [-0.1, -0.05) is 59.8 Å². The van der Waals surface area contributed by atoms with Gasteiger partial charge in [0.15, 0.2) is 0 Å². The van der Waals surface area contributed by atoms with E-state index < -0.39 is 30.3 Å². The lowest BCUT2D eigenvalue weighted by molar-refractivity contribution is -0.119. The second kappa shape index (κ2) is 13.3. The number of halogens is 2. The smallest absolute Gasteiger partial charge is 0.260 e. The van der Waals surface area contributed by atoms with E-state index in [1.165, 1.54) is 25.1 Å². The molecule has 2 atom stereocenters. The molecule has 2 aromatic rings. The van der Waals surface area contributed by atoms with E-state index in [9.17, 15) is 18.7 Å². The van der Waals surface area contributed by atoms with Crippen LogP contribution in [0, 0.1) is 5.92 Å². The Morgan fingerprint density at radius 1 is 1.33 bits per heavy atom. The Morgan fingerprint density at radius 2 is 1.94 bits per heavy atom. The average Bonchev–Trinajstić information content (AvgIpc) is 3.47. The first-order valence-corrected chi connectivity index (χ1v) is 12.0. The third kappa shape index (κ3) is 7.68. The van der Waals surface area contributed by atoms with Crippen LogP contribution in [0.3, 0.4) is 0 Å². The normalized spacial score (nSPS) is 17.4. The quantitative estimate of drug-likeness (QED) is 0.340. The van der Waals surface area contributed by atoms with Crippen molar-refractivity contribution in [1.29, 1.82) is 0 Å².